The van der Waals surface area contributed by atoms with Crippen LogP contribution in [-0.4, -0.2) is 29.2 Å². The smallest absolute Gasteiger partial charge is 0.407 e. The zero-order chi connectivity index (χ0) is 13.8. The van der Waals surface area contributed by atoms with E-state index in [1.54, 1.807) is 24.3 Å². The standard InChI is InChI=1S/C14H15ClFNO2/c15-12-3-1-10(2-4-12)9-13(16)11-5-7-17(8-6-11)14(18)19/h1-4,9,11H,5-8H2,(H,18,19)/b13-9-. The minimum Gasteiger partial charge on any atom is -0.465 e. The van der Waals surface area contributed by atoms with Gasteiger partial charge in [0.15, 0.2) is 0 Å². The molecule has 0 unspecified atom stereocenters. The highest BCUT2D eigenvalue weighted by molar-refractivity contribution is 6.30. The molecule has 19 heavy (non-hydrogen) atoms. The van der Waals surface area contributed by atoms with E-state index >= 15 is 0 Å². The Hall–Kier alpha value is -1.55. The average Bonchev–Trinajstić information content (AvgIpc) is 2.41. The van der Waals surface area contributed by atoms with E-state index in [1.807, 2.05) is 0 Å². The number of allylic oxidation sites excluding steroid dienone is 1. The van der Waals surface area contributed by atoms with E-state index in [2.05, 4.69) is 0 Å². The summed E-state index contributed by atoms with van der Waals surface area (Å²) in [5, 5.41) is 9.45. The monoisotopic (exact) mass is 283 g/mol. The lowest BCUT2D eigenvalue weighted by molar-refractivity contribution is 0.126. The summed E-state index contributed by atoms with van der Waals surface area (Å²) in [5.74, 6) is -0.376. The first-order valence-corrected chi connectivity index (χ1v) is 6.54. The van der Waals surface area contributed by atoms with E-state index in [0.717, 1.165) is 5.56 Å². The highest BCUT2D eigenvalue weighted by atomic mass is 35.5. The van der Waals surface area contributed by atoms with Gasteiger partial charge in [0.05, 0.1) is 0 Å². The molecule has 0 saturated carbocycles. The Morgan fingerprint density at radius 1 is 1.32 bits per heavy atom. The van der Waals surface area contributed by atoms with Gasteiger partial charge in [-0.3, -0.25) is 0 Å². The zero-order valence-corrected chi connectivity index (χ0v) is 11.1. The van der Waals surface area contributed by atoms with Gasteiger partial charge in [0.2, 0.25) is 0 Å². The summed E-state index contributed by atoms with van der Waals surface area (Å²) in [5.41, 5.74) is 0.766. The van der Waals surface area contributed by atoms with Crippen molar-refractivity contribution < 1.29 is 14.3 Å². The van der Waals surface area contributed by atoms with Crippen LogP contribution in [-0.2, 0) is 0 Å². The first-order valence-electron chi connectivity index (χ1n) is 6.17. The number of piperidine rings is 1. The number of amides is 1. The molecule has 1 aromatic rings. The van der Waals surface area contributed by atoms with Crippen molar-refractivity contribution in [2.24, 2.45) is 5.92 Å². The molecule has 0 aliphatic carbocycles. The van der Waals surface area contributed by atoms with Crippen LogP contribution in [0.15, 0.2) is 30.1 Å². The number of rotatable bonds is 2. The third-order valence-electron chi connectivity index (χ3n) is 3.33. The van der Waals surface area contributed by atoms with E-state index in [-0.39, 0.29) is 11.7 Å². The normalized spacial score (nSPS) is 17.6. The number of hydrogen-bond donors (Lipinski definition) is 1. The van der Waals surface area contributed by atoms with Crippen LogP contribution in [0.1, 0.15) is 18.4 Å². The highest BCUT2D eigenvalue weighted by Crippen LogP contribution is 2.27. The number of benzene rings is 1. The van der Waals surface area contributed by atoms with E-state index in [4.69, 9.17) is 16.7 Å². The molecule has 1 saturated heterocycles. The second-order valence-electron chi connectivity index (χ2n) is 4.62. The molecule has 3 nitrogen and oxygen atoms in total. The molecule has 0 aromatic heterocycles. The van der Waals surface area contributed by atoms with Gasteiger partial charge in [-0.15, -0.1) is 0 Å². The summed E-state index contributed by atoms with van der Waals surface area (Å²) in [7, 11) is 0. The lowest BCUT2D eigenvalue weighted by Gasteiger charge is -2.29. The molecule has 0 spiro atoms. The van der Waals surface area contributed by atoms with Gasteiger partial charge >= 0.3 is 6.09 Å². The van der Waals surface area contributed by atoms with Crippen LogP contribution in [0, 0.1) is 5.92 Å². The van der Waals surface area contributed by atoms with E-state index in [0.29, 0.717) is 31.0 Å². The Labute approximate surface area is 116 Å². The number of hydrogen-bond acceptors (Lipinski definition) is 1. The number of carboxylic acid groups (broad SMARTS) is 1. The van der Waals surface area contributed by atoms with Gasteiger partial charge in [-0.2, -0.15) is 0 Å². The first kappa shape index (κ1) is 13.9. The van der Waals surface area contributed by atoms with Gasteiger partial charge in [0, 0.05) is 24.0 Å². The molecule has 1 amide bonds. The van der Waals surface area contributed by atoms with Gasteiger partial charge < -0.3 is 10.0 Å². The third-order valence-corrected chi connectivity index (χ3v) is 3.58. The van der Waals surface area contributed by atoms with Crippen LogP contribution >= 0.6 is 11.6 Å². The van der Waals surface area contributed by atoms with Crippen molar-refractivity contribution in [2.45, 2.75) is 12.8 Å². The number of likely N-dealkylation sites (tertiary alicyclic amines) is 1. The summed E-state index contributed by atoms with van der Waals surface area (Å²) in [4.78, 5) is 12.1. The zero-order valence-electron chi connectivity index (χ0n) is 10.4. The first-order chi connectivity index (χ1) is 9.06. The molecule has 0 atom stereocenters. The van der Waals surface area contributed by atoms with Crippen molar-refractivity contribution in [3.05, 3.63) is 40.7 Å². The van der Waals surface area contributed by atoms with Crippen molar-refractivity contribution in [3.8, 4) is 0 Å². The SMILES string of the molecule is O=C(O)N1CCC(/C(F)=C/c2ccc(Cl)cc2)CC1. The van der Waals surface area contributed by atoms with Crippen molar-refractivity contribution in [1.82, 2.24) is 4.90 Å². The fourth-order valence-corrected chi connectivity index (χ4v) is 2.31. The number of carbonyl (C=O) groups is 1. The second kappa shape index (κ2) is 6.06. The number of halogens is 2. The molecular weight excluding hydrogens is 269 g/mol. The Balaban J connectivity index is 1.99. The molecule has 0 radical (unpaired) electrons. The van der Waals surface area contributed by atoms with Crippen molar-refractivity contribution in [3.63, 3.8) is 0 Å². The minimum atomic E-state index is -0.930. The highest BCUT2D eigenvalue weighted by Gasteiger charge is 2.24. The second-order valence-corrected chi connectivity index (χ2v) is 5.06. The summed E-state index contributed by atoms with van der Waals surface area (Å²) in [6, 6.07) is 6.95. The molecule has 1 fully saturated rings. The van der Waals surface area contributed by atoms with E-state index in [9.17, 15) is 9.18 Å². The van der Waals surface area contributed by atoms with E-state index in [1.165, 1.54) is 11.0 Å². The van der Waals surface area contributed by atoms with Crippen molar-refractivity contribution in [2.75, 3.05) is 13.1 Å². The molecule has 0 bridgehead atoms. The van der Waals surface area contributed by atoms with Crippen LogP contribution < -0.4 is 0 Å². The lowest BCUT2D eigenvalue weighted by atomic mass is 9.94. The van der Waals surface area contributed by atoms with Crippen molar-refractivity contribution in [1.29, 1.82) is 0 Å². The van der Waals surface area contributed by atoms with Crippen LogP contribution in [0.4, 0.5) is 9.18 Å². The van der Waals surface area contributed by atoms with Crippen LogP contribution in [0.5, 0.6) is 0 Å². The van der Waals surface area contributed by atoms with Crippen LogP contribution in [0.25, 0.3) is 6.08 Å². The van der Waals surface area contributed by atoms with Gasteiger partial charge in [-0.25, -0.2) is 9.18 Å². The summed E-state index contributed by atoms with van der Waals surface area (Å²) in [6.07, 6.45) is 1.63. The predicted molar refractivity (Wildman–Crippen MR) is 72.9 cm³/mol. The van der Waals surface area contributed by atoms with Gasteiger partial charge in [0.1, 0.15) is 5.83 Å². The summed E-state index contributed by atoms with van der Waals surface area (Å²) < 4.78 is 14.1. The molecule has 2 rings (SSSR count). The molecule has 1 heterocycles. The quantitative estimate of drug-likeness (QED) is 0.890. The maximum Gasteiger partial charge on any atom is 0.407 e. The van der Waals surface area contributed by atoms with Gasteiger partial charge in [-0.05, 0) is 36.6 Å². The van der Waals surface area contributed by atoms with Crippen LogP contribution in [0.2, 0.25) is 5.02 Å². The average molecular weight is 284 g/mol. The fraction of sp³-hybridized carbons (Fsp3) is 0.357. The Morgan fingerprint density at radius 3 is 2.42 bits per heavy atom. The molecule has 1 N–H and O–H groups in total. The van der Waals surface area contributed by atoms with Gasteiger partial charge in [-0.1, -0.05) is 23.7 Å². The fourth-order valence-electron chi connectivity index (χ4n) is 2.18. The summed E-state index contributed by atoms with van der Waals surface area (Å²) in [6.45, 7) is 0.782. The summed E-state index contributed by atoms with van der Waals surface area (Å²) >= 11 is 5.77. The molecular formula is C14H15ClFNO2. The Morgan fingerprint density at radius 2 is 1.89 bits per heavy atom. The molecule has 1 aliphatic heterocycles. The largest absolute Gasteiger partial charge is 0.465 e. The molecule has 1 aromatic carbocycles. The Bertz CT molecular complexity index is 479. The minimum absolute atomic E-state index is 0.188. The Kier molecular flexibility index (Phi) is 4.43. The predicted octanol–water partition coefficient (Wildman–Crippen LogP) is 4.04. The van der Waals surface area contributed by atoms with E-state index < -0.39 is 6.09 Å². The molecule has 102 valence electrons. The third kappa shape index (κ3) is 3.70. The lowest BCUT2D eigenvalue weighted by Crippen LogP contribution is -2.37. The maximum atomic E-state index is 14.1. The topological polar surface area (TPSA) is 40.5 Å². The number of nitrogens with zero attached hydrogens (tertiary/aromatic N) is 1. The van der Waals surface area contributed by atoms with Crippen molar-refractivity contribution >= 4 is 23.8 Å². The molecule has 1 aliphatic rings. The maximum absolute atomic E-state index is 14.1. The molecule has 5 heteroatoms. The van der Waals surface area contributed by atoms with Crippen LogP contribution in [0.3, 0.4) is 0 Å². The van der Waals surface area contributed by atoms with Gasteiger partial charge in [0.25, 0.3) is 0 Å².